The Morgan fingerprint density at radius 1 is 1.35 bits per heavy atom. The summed E-state index contributed by atoms with van der Waals surface area (Å²) in [6.07, 6.45) is 2.32. The first kappa shape index (κ1) is 11.9. The summed E-state index contributed by atoms with van der Waals surface area (Å²) in [4.78, 5) is 4.09. The summed E-state index contributed by atoms with van der Waals surface area (Å²) in [6, 6.07) is 6.64. The number of nitrogens with two attached hydrogens (primary N) is 1. The quantitative estimate of drug-likeness (QED) is 0.888. The zero-order valence-corrected chi connectivity index (χ0v) is 10.1. The Labute approximate surface area is 104 Å². The van der Waals surface area contributed by atoms with E-state index in [2.05, 4.69) is 4.98 Å². The minimum Gasteiger partial charge on any atom is -0.383 e. The number of benzene rings is 1. The van der Waals surface area contributed by atoms with Crippen LogP contribution in [0.5, 0.6) is 0 Å². The normalized spacial score (nSPS) is 10.5. The molecule has 0 aliphatic carbocycles. The predicted octanol–water partition coefficient (Wildman–Crippen LogP) is 3.36. The third-order valence-electron chi connectivity index (χ3n) is 2.52. The molecule has 2 nitrogen and oxygen atoms in total. The van der Waals surface area contributed by atoms with Crippen LogP contribution in [0, 0.1) is 12.7 Å². The number of pyridine rings is 1. The fourth-order valence-electron chi connectivity index (χ4n) is 1.65. The van der Waals surface area contributed by atoms with E-state index in [1.807, 2.05) is 13.0 Å². The van der Waals surface area contributed by atoms with E-state index in [0.29, 0.717) is 12.2 Å². The van der Waals surface area contributed by atoms with Crippen LogP contribution < -0.4 is 5.73 Å². The van der Waals surface area contributed by atoms with Crippen LogP contribution in [0.4, 0.5) is 10.2 Å². The van der Waals surface area contributed by atoms with Gasteiger partial charge in [-0.05, 0) is 35.7 Å². The van der Waals surface area contributed by atoms with Crippen molar-refractivity contribution in [3.8, 4) is 0 Å². The van der Waals surface area contributed by atoms with Gasteiger partial charge in [-0.2, -0.15) is 0 Å². The predicted molar refractivity (Wildman–Crippen MR) is 67.6 cm³/mol. The van der Waals surface area contributed by atoms with Gasteiger partial charge < -0.3 is 5.73 Å². The Morgan fingerprint density at radius 3 is 2.82 bits per heavy atom. The number of rotatable bonds is 2. The lowest BCUT2D eigenvalue weighted by atomic mass is 10.0. The molecule has 0 radical (unpaired) electrons. The van der Waals surface area contributed by atoms with Crippen molar-refractivity contribution in [3.63, 3.8) is 0 Å². The summed E-state index contributed by atoms with van der Waals surface area (Å²) in [7, 11) is 0. The van der Waals surface area contributed by atoms with Gasteiger partial charge in [0, 0.05) is 12.6 Å². The average molecular weight is 251 g/mol. The first-order chi connectivity index (χ1) is 8.06. The molecule has 0 aliphatic heterocycles. The van der Waals surface area contributed by atoms with Crippen LogP contribution in [-0.4, -0.2) is 4.98 Å². The lowest BCUT2D eigenvalue weighted by Crippen LogP contribution is -1.99. The van der Waals surface area contributed by atoms with Crippen molar-refractivity contribution in [2.24, 2.45) is 0 Å². The molecule has 4 heteroatoms. The fraction of sp³-hybridized carbons (Fsp3) is 0.154. The molecule has 0 saturated heterocycles. The van der Waals surface area contributed by atoms with Crippen molar-refractivity contribution in [2.45, 2.75) is 13.3 Å². The highest BCUT2D eigenvalue weighted by molar-refractivity contribution is 6.30. The van der Waals surface area contributed by atoms with Crippen molar-refractivity contribution >= 4 is 17.4 Å². The minimum absolute atomic E-state index is 0.127. The Bertz CT molecular complexity index is 555. The van der Waals surface area contributed by atoms with Crippen LogP contribution in [0.25, 0.3) is 0 Å². The lowest BCUT2D eigenvalue weighted by Gasteiger charge is -2.06. The van der Waals surface area contributed by atoms with Crippen molar-refractivity contribution in [2.75, 3.05) is 5.73 Å². The first-order valence-corrected chi connectivity index (χ1v) is 5.59. The molecule has 2 N–H and O–H groups in total. The van der Waals surface area contributed by atoms with Crippen LogP contribution in [0.2, 0.25) is 5.02 Å². The van der Waals surface area contributed by atoms with Gasteiger partial charge in [0.05, 0.1) is 5.02 Å². The zero-order valence-electron chi connectivity index (χ0n) is 9.37. The Hall–Kier alpha value is -1.61. The van der Waals surface area contributed by atoms with E-state index in [1.165, 1.54) is 6.07 Å². The number of hydrogen-bond acceptors (Lipinski definition) is 2. The Morgan fingerprint density at radius 2 is 2.12 bits per heavy atom. The Kier molecular flexibility index (Phi) is 3.29. The minimum atomic E-state index is -0.411. The maximum Gasteiger partial charge on any atom is 0.141 e. The van der Waals surface area contributed by atoms with Gasteiger partial charge in [-0.25, -0.2) is 9.37 Å². The highest BCUT2D eigenvalue weighted by Crippen LogP contribution is 2.20. The summed E-state index contributed by atoms with van der Waals surface area (Å²) in [5.41, 5.74) is 8.67. The number of anilines is 1. The second kappa shape index (κ2) is 4.72. The smallest absolute Gasteiger partial charge is 0.141 e. The molecule has 0 bridgehead atoms. The molecule has 0 atom stereocenters. The molecule has 1 aromatic carbocycles. The molecule has 1 aromatic heterocycles. The fourth-order valence-corrected chi connectivity index (χ4v) is 1.85. The molecule has 88 valence electrons. The van der Waals surface area contributed by atoms with Gasteiger partial charge in [0.1, 0.15) is 11.6 Å². The summed E-state index contributed by atoms with van der Waals surface area (Å²) >= 11 is 5.73. The molecule has 0 amide bonds. The third-order valence-corrected chi connectivity index (χ3v) is 2.81. The van der Waals surface area contributed by atoms with Crippen molar-refractivity contribution in [3.05, 3.63) is 58.0 Å². The first-order valence-electron chi connectivity index (χ1n) is 5.21. The molecule has 0 spiro atoms. The summed E-state index contributed by atoms with van der Waals surface area (Å²) in [5, 5.41) is 0.127. The molecule has 2 rings (SSSR count). The molecular weight excluding hydrogens is 239 g/mol. The van der Waals surface area contributed by atoms with Gasteiger partial charge in [0.15, 0.2) is 0 Å². The summed E-state index contributed by atoms with van der Waals surface area (Å²) in [6.45, 7) is 1.95. The maximum absolute atomic E-state index is 13.0. The third kappa shape index (κ3) is 2.74. The van der Waals surface area contributed by atoms with Crippen LogP contribution in [-0.2, 0) is 6.42 Å². The largest absolute Gasteiger partial charge is 0.383 e. The van der Waals surface area contributed by atoms with Crippen LogP contribution >= 0.6 is 11.6 Å². The van der Waals surface area contributed by atoms with Crippen LogP contribution in [0.1, 0.15) is 16.7 Å². The molecule has 1 heterocycles. The van der Waals surface area contributed by atoms with Crippen molar-refractivity contribution < 1.29 is 4.39 Å². The second-order valence-electron chi connectivity index (χ2n) is 3.98. The monoisotopic (exact) mass is 250 g/mol. The highest BCUT2D eigenvalue weighted by atomic mass is 35.5. The number of nitrogen functional groups attached to an aromatic ring is 1. The van der Waals surface area contributed by atoms with Gasteiger partial charge >= 0.3 is 0 Å². The molecular formula is C13H12ClFN2. The molecule has 0 fully saturated rings. The van der Waals surface area contributed by atoms with E-state index in [9.17, 15) is 4.39 Å². The second-order valence-corrected chi connectivity index (χ2v) is 4.39. The van der Waals surface area contributed by atoms with Crippen LogP contribution in [0.15, 0.2) is 30.5 Å². The summed E-state index contributed by atoms with van der Waals surface area (Å²) in [5.74, 6) is 0.0850. The van der Waals surface area contributed by atoms with Gasteiger partial charge in [0.2, 0.25) is 0 Å². The van der Waals surface area contributed by atoms with E-state index in [0.717, 1.165) is 16.7 Å². The average Bonchev–Trinajstić information content (AvgIpc) is 2.29. The topological polar surface area (TPSA) is 38.9 Å². The van der Waals surface area contributed by atoms with Gasteiger partial charge in [-0.3, -0.25) is 0 Å². The number of aromatic nitrogens is 1. The lowest BCUT2D eigenvalue weighted by molar-refractivity contribution is 0.627. The maximum atomic E-state index is 13.0. The zero-order chi connectivity index (χ0) is 12.4. The van der Waals surface area contributed by atoms with E-state index in [-0.39, 0.29) is 5.02 Å². The van der Waals surface area contributed by atoms with E-state index in [4.69, 9.17) is 17.3 Å². The number of halogens is 2. The van der Waals surface area contributed by atoms with Crippen LogP contribution in [0.3, 0.4) is 0 Å². The van der Waals surface area contributed by atoms with Crippen molar-refractivity contribution in [1.29, 1.82) is 0 Å². The van der Waals surface area contributed by atoms with E-state index in [1.54, 1.807) is 18.3 Å². The van der Waals surface area contributed by atoms with Crippen molar-refractivity contribution in [1.82, 2.24) is 4.98 Å². The highest BCUT2D eigenvalue weighted by Gasteiger charge is 2.05. The molecule has 0 unspecified atom stereocenters. The molecule has 0 aliphatic rings. The number of hydrogen-bond donors (Lipinski definition) is 1. The Balaban J connectivity index is 2.31. The van der Waals surface area contributed by atoms with E-state index >= 15 is 0 Å². The van der Waals surface area contributed by atoms with E-state index < -0.39 is 5.82 Å². The standard InChI is InChI=1S/C13H12ClFN2/c1-8-4-10(13(16)17-7-8)5-9-2-3-12(15)11(14)6-9/h2-4,6-7H,5H2,1H3,(H2,16,17). The SMILES string of the molecule is Cc1cnc(N)c(Cc2ccc(F)c(Cl)c2)c1. The number of aryl methyl sites for hydroxylation is 1. The molecule has 0 saturated carbocycles. The van der Waals surface area contributed by atoms with Gasteiger partial charge in [-0.15, -0.1) is 0 Å². The number of nitrogens with zero attached hydrogens (tertiary/aromatic N) is 1. The summed E-state index contributed by atoms with van der Waals surface area (Å²) < 4.78 is 13.0. The molecule has 17 heavy (non-hydrogen) atoms. The van der Waals surface area contributed by atoms with Gasteiger partial charge in [-0.1, -0.05) is 23.7 Å². The molecule has 2 aromatic rings. The van der Waals surface area contributed by atoms with Gasteiger partial charge in [0.25, 0.3) is 0 Å².